The highest BCUT2D eigenvalue weighted by Gasteiger charge is 2.46. The smallest absolute Gasteiger partial charge is 0.334 e. The fourth-order valence-corrected chi connectivity index (χ4v) is 4.43. The number of halogens is 4. The number of nitrogens with one attached hydrogen (secondary N) is 1. The molecule has 4 rings (SSSR count). The number of hydrogen-bond acceptors (Lipinski definition) is 5. The normalized spacial score (nSPS) is 17.0. The van der Waals surface area contributed by atoms with Crippen LogP contribution in [0, 0.1) is 5.95 Å². The molecule has 1 aliphatic rings. The molecule has 1 fully saturated rings. The molecule has 0 bridgehead atoms. The molecule has 1 aliphatic heterocycles. The second kappa shape index (κ2) is 8.67. The van der Waals surface area contributed by atoms with Gasteiger partial charge in [-0.3, -0.25) is 9.78 Å². The maximum Gasteiger partial charge on any atom is 0.511 e. The molecule has 3 aromatic rings. The largest absolute Gasteiger partial charge is 0.511 e. The number of amides is 1. The third-order valence-electron chi connectivity index (χ3n) is 5.48. The molecule has 7 nitrogen and oxygen atoms in total. The number of nitrogens with zero attached hydrogens (tertiary/aromatic N) is 3. The Balaban J connectivity index is 1.64. The van der Waals surface area contributed by atoms with Crippen molar-refractivity contribution in [3.8, 4) is 11.1 Å². The summed E-state index contributed by atoms with van der Waals surface area (Å²) in [6.45, 7) is -0.269. The van der Waals surface area contributed by atoms with Gasteiger partial charge in [0.25, 0.3) is 5.91 Å². The Labute approximate surface area is 186 Å². The highest BCUT2D eigenvalue weighted by molar-refractivity contribution is 7.90. The van der Waals surface area contributed by atoms with Crippen LogP contribution in [-0.4, -0.2) is 53.8 Å². The van der Waals surface area contributed by atoms with Gasteiger partial charge in [0.15, 0.2) is 0 Å². The van der Waals surface area contributed by atoms with E-state index in [9.17, 15) is 30.8 Å². The number of sulfonamides is 1. The first kappa shape index (κ1) is 23.1. The molecule has 1 aromatic carbocycles. The minimum Gasteiger partial charge on any atom is -0.334 e. The zero-order valence-corrected chi connectivity index (χ0v) is 17.8. The molecule has 0 saturated carbocycles. The fourth-order valence-electron chi connectivity index (χ4n) is 3.85. The van der Waals surface area contributed by atoms with Crippen LogP contribution in [0.4, 0.5) is 17.6 Å². The fraction of sp³-hybridized carbons (Fsp3) is 0.286. The topological polar surface area (TPSA) is 92.3 Å². The summed E-state index contributed by atoms with van der Waals surface area (Å²) in [4.78, 5) is 22.5. The second-order valence-corrected chi connectivity index (χ2v) is 9.31. The van der Waals surface area contributed by atoms with E-state index in [1.165, 1.54) is 29.4 Å². The van der Waals surface area contributed by atoms with Crippen LogP contribution in [0.2, 0.25) is 0 Å². The van der Waals surface area contributed by atoms with Crippen molar-refractivity contribution in [2.45, 2.75) is 24.4 Å². The van der Waals surface area contributed by atoms with Gasteiger partial charge in [-0.1, -0.05) is 6.07 Å². The lowest BCUT2D eigenvalue weighted by atomic mass is 10.0. The summed E-state index contributed by atoms with van der Waals surface area (Å²) in [5.41, 5.74) is -3.48. The van der Waals surface area contributed by atoms with Gasteiger partial charge >= 0.3 is 15.5 Å². The first-order valence-electron chi connectivity index (χ1n) is 9.94. The quantitative estimate of drug-likeness (QED) is 0.444. The molecular weight excluding hydrogens is 464 g/mol. The van der Waals surface area contributed by atoms with Crippen molar-refractivity contribution < 1.29 is 30.8 Å². The monoisotopic (exact) mass is 482 g/mol. The second-order valence-electron chi connectivity index (χ2n) is 7.55. The van der Waals surface area contributed by atoms with E-state index in [4.69, 9.17) is 0 Å². The summed E-state index contributed by atoms with van der Waals surface area (Å²) in [5, 5.41) is 0.485. The number of likely N-dealkylation sites (tertiary alicyclic amines) is 1. The number of hydrogen-bond donors (Lipinski definition) is 1. The highest BCUT2D eigenvalue weighted by atomic mass is 32.2. The maximum atomic E-state index is 13.5. The number of pyridine rings is 2. The standard InChI is InChI=1S/C21H18F4N4O3S/c22-19-11-14(5-7-27-19)13-3-4-18-17(10-13)16(6-8-26-18)20(30)29-9-1-2-15(29)12-28-33(31,32)21(23,24)25/h3-8,10-11,15,28H,1-2,9,12H2/t15-/m0/s1. The molecule has 0 unspecified atom stereocenters. The first-order valence-corrected chi connectivity index (χ1v) is 11.4. The SMILES string of the molecule is O=C(c1ccnc2ccc(-c3ccnc(F)c3)cc12)N1CCC[C@H]1CNS(=O)(=O)C(F)(F)F. The zero-order valence-electron chi connectivity index (χ0n) is 17.0. The van der Waals surface area contributed by atoms with Gasteiger partial charge in [-0.2, -0.15) is 17.6 Å². The number of rotatable bonds is 5. The van der Waals surface area contributed by atoms with E-state index >= 15 is 0 Å². The lowest BCUT2D eigenvalue weighted by Gasteiger charge is -2.25. The lowest BCUT2D eigenvalue weighted by molar-refractivity contribution is -0.0448. The summed E-state index contributed by atoms with van der Waals surface area (Å²) < 4.78 is 75.7. The van der Waals surface area contributed by atoms with E-state index in [-0.39, 0.29) is 12.1 Å². The summed E-state index contributed by atoms with van der Waals surface area (Å²) in [6.07, 6.45) is 3.64. The molecule has 1 atom stereocenters. The minimum atomic E-state index is -5.51. The zero-order chi connectivity index (χ0) is 23.8. The Kier molecular flexibility index (Phi) is 6.06. The van der Waals surface area contributed by atoms with Crippen molar-refractivity contribution in [2.75, 3.05) is 13.1 Å². The van der Waals surface area contributed by atoms with Crippen molar-refractivity contribution in [2.24, 2.45) is 0 Å². The predicted molar refractivity (Wildman–Crippen MR) is 112 cm³/mol. The maximum absolute atomic E-state index is 13.5. The summed E-state index contributed by atoms with van der Waals surface area (Å²) in [7, 11) is -5.51. The third kappa shape index (κ3) is 4.67. The molecule has 0 aliphatic carbocycles. The summed E-state index contributed by atoms with van der Waals surface area (Å²) in [5.74, 6) is -1.11. The van der Waals surface area contributed by atoms with Crippen LogP contribution in [0.1, 0.15) is 23.2 Å². The average molecular weight is 482 g/mol. The molecule has 1 N–H and O–H groups in total. The molecule has 0 radical (unpaired) electrons. The molecule has 1 saturated heterocycles. The van der Waals surface area contributed by atoms with Crippen molar-refractivity contribution >= 4 is 26.8 Å². The Morgan fingerprint density at radius 2 is 1.82 bits per heavy atom. The molecule has 174 valence electrons. The predicted octanol–water partition coefficient (Wildman–Crippen LogP) is 3.48. The van der Waals surface area contributed by atoms with E-state index in [1.54, 1.807) is 29.0 Å². The Morgan fingerprint density at radius 3 is 2.55 bits per heavy atom. The van der Waals surface area contributed by atoms with Crippen LogP contribution in [-0.2, 0) is 10.0 Å². The summed E-state index contributed by atoms with van der Waals surface area (Å²) in [6, 6.07) is 8.73. The van der Waals surface area contributed by atoms with Crippen molar-refractivity contribution in [3.63, 3.8) is 0 Å². The minimum absolute atomic E-state index is 0.266. The van der Waals surface area contributed by atoms with Crippen LogP contribution < -0.4 is 4.72 Å². The Morgan fingerprint density at radius 1 is 1.09 bits per heavy atom. The Bertz CT molecular complexity index is 1310. The van der Waals surface area contributed by atoms with E-state index in [0.717, 1.165) is 0 Å². The van der Waals surface area contributed by atoms with Crippen molar-refractivity contribution in [3.05, 3.63) is 60.3 Å². The van der Waals surface area contributed by atoms with Gasteiger partial charge in [-0.25, -0.2) is 18.1 Å². The van der Waals surface area contributed by atoms with Crippen molar-refractivity contribution in [1.82, 2.24) is 19.6 Å². The van der Waals surface area contributed by atoms with Gasteiger partial charge in [0.2, 0.25) is 5.95 Å². The first-order chi connectivity index (χ1) is 15.6. The molecule has 33 heavy (non-hydrogen) atoms. The molecular formula is C21H18F4N4O3S. The van der Waals surface area contributed by atoms with Crippen LogP contribution in [0.25, 0.3) is 22.0 Å². The number of benzene rings is 1. The van der Waals surface area contributed by atoms with E-state index in [0.29, 0.717) is 34.9 Å². The average Bonchev–Trinajstić information content (AvgIpc) is 3.24. The highest BCUT2D eigenvalue weighted by Crippen LogP contribution is 2.29. The van der Waals surface area contributed by atoms with Crippen LogP contribution >= 0.6 is 0 Å². The van der Waals surface area contributed by atoms with E-state index in [1.807, 2.05) is 0 Å². The van der Waals surface area contributed by atoms with E-state index in [2.05, 4.69) is 9.97 Å². The van der Waals surface area contributed by atoms with Crippen LogP contribution in [0.5, 0.6) is 0 Å². The van der Waals surface area contributed by atoms with Gasteiger partial charge in [0.1, 0.15) is 0 Å². The number of carbonyl (C=O) groups excluding carboxylic acids is 1. The molecule has 3 heterocycles. The summed E-state index contributed by atoms with van der Waals surface area (Å²) >= 11 is 0. The number of carbonyl (C=O) groups is 1. The van der Waals surface area contributed by atoms with Gasteiger partial charge in [0.05, 0.1) is 11.1 Å². The molecule has 2 aromatic heterocycles. The van der Waals surface area contributed by atoms with Gasteiger partial charge in [-0.15, -0.1) is 0 Å². The van der Waals surface area contributed by atoms with E-state index < -0.39 is 40.0 Å². The Hall–Kier alpha value is -3.12. The molecule has 1 amide bonds. The number of fused-ring (bicyclic) bond motifs is 1. The third-order valence-corrected chi connectivity index (χ3v) is 6.64. The van der Waals surface area contributed by atoms with Gasteiger partial charge < -0.3 is 4.90 Å². The van der Waals surface area contributed by atoms with Crippen LogP contribution in [0.3, 0.4) is 0 Å². The lowest BCUT2D eigenvalue weighted by Crippen LogP contribution is -2.46. The van der Waals surface area contributed by atoms with Crippen LogP contribution in [0.15, 0.2) is 48.8 Å². The van der Waals surface area contributed by atoms with Gasteiger partial charge in [-0.05, 0) is 48.2 Å². The molecule has 12 heteroatoms. The number of alkyl halides is 3. The number of aromatic nitrogens is 2. The van der Waals surface area contributed by atoms with Gasteiger partial charge in [0, 0.05) is 43.0 Å². The van der Waals surface area contributed by atoms with Crippen molar-refractivity contribution in [1.29, 1.82) is 0 Å². The molecule has 0 spiro atoms.